The molecule has 5 heteroatoms. The number of carbonyl (C=O) groups is 2. The molecule has 2 rings (SSSR count). The zero-order chi connectivity index (χ0) is 14.9. The summed E-state index contributed by atoms with van der Waals surface area (Å²) in [7, 11) is 0. The van der Waals surface area contributed by atoms with E-state index in [4.69, 9.17) is 0 Å². The maximum Gasteiger partial charge on any atom is 0.335 e. The average Bonchev–Trinajstić information content (AvgIpc) is 2.39. The Morgan fingerprint density at radius 2 is 1.35 bits per heavy atom. The Labute approximate surface area is 129 Å². The smallest absolute Gasteiger partial charge is 0.335 e. The lowest BCUT2D eigenvalue weighted by Crippen LogP contribution is -2.07. The van der Waals surface area contributed by atoms with Crippen molar-refractivity contribution in [3.8, 4) is 11.1 Å². The van der Waals surface area contributed by atoms with Gasteiger partial charge in [0.25, 0.3) is 0 Å². The second kappa shape index (κ2) is 5.62. The van der Waals surface area contributed by atoms with Gasteiger partial charge >= 0.3 is 11.9 Å². The first-order valence-electron chi connectivity index (χ1n) is 5.77. The van der Waals surface area contributed by atoms with Gasteiger partial charge in [-0.15, -0.1) is 0 Å². The predicted molar refractivity (Wildman–Crippen MR) is 83.3 cm³/mol. The van der Waals surface area contributed by atoms with Crippen molar-refractivity contribution in [1.29, 1.82) is 0 Å². The van der Waals surface area contributed by atoms with Crippen molar-refractivity contribution in [2.75, 3.05) is 0 Å². The first-order chi connectivity index (χ1) is 9.40. The van der Waals surface area contributed by atoms with Crippen molar-refractivity contribution in [3.05, 3.63) is 56.7 Å². The van der Waals surface area contributed by atoms with Crippen LogP contribution >= 0.6 is 22.6 Å². The first-order valence-corrected chi connectivity index (χ1v) is 6.85. The molecule has 0 atom stereocenters. The summed E-state index contributed by atoms with van der Waals surface area (Å²) in [6, 6.07) is 10.5. The molecular weight excluding hydrogens is 371 g/mol. The first kappa shape index (κ1) is 14.5. The monoisotopic (exact) mass is 382 g/mol. The van der Waals surface area contributed by atoms with E-state index in [9.17, 15) is 19.8 Å². The summed E-state index contributed by atoms with van der Waals surface area (Å²) in [5, 5.41) is 18.4. The number of hydrogen-bond donors (Lipinski definition) is 2. The molecule has 0 aliphatic carbocycles. The molecule has 0 saturated carbocycles. The number of carboxylic acids is 2. The van der Waals surface area contributed by atoms with Gasteiger partial charge in [0.15, 0.2) is 0 Å². The van der Waals surface area contributed by atoms with E-state index in [1.54, 1.807) is 0 Å². The van der Waals surface area contributed by atoms with Crippen LogP contribution in [0.4, 0.5) is 0 Å². The van der Waals surface area contributed by atoms with Gasteiger partial charge in [0.05, 0.1) is 11.1 Å². The lowest BCUT2D eigenvalue weighted by Gasteiger charge is -2.10. The van der Waals surface area contributed by atoms with Gasteiger partial charge in [-0.3, -0.25) is 0 Å². The fourth-order valence-electron chi connectivity index (χ4n) is 1.97. The Bertz CT molecular complexity index is 655. The molecule has 0 amide bonds. The maximum absolute atomic E-state index is 11.2. The van der Waals surface area contributed by atoms with Crippen molar-refractivity contribution >= 4 is 34.5 Å². The number of halogens is 1. The fourth-order valence-corrected chi connectivity index (χ4v) is 2.33. The summed E-state index contributed by atoms with van der Waals surface area (Å²) >= 11 is 2.17. The van der Waals surface area contributed by atoms with Crippen molar-refractivity contribution < 1.29 is 19.8 Å². The van der Waals surface area contributed by atoms with E-state index in [0.29, 0.717) is 5.56 Å². The molecule has 0 aromatic heterocycles. The van der Waals surface area contributed by atoms with Gasteiger partial charge in [-0.05, 0) is 70.5 Å². The molecule has 2 N–H and O–H groups in total. The number of benzene rings is 2. The summed E-state index contributed by atoms with van der Waals surface area (Å²) in [6.45, 7) is 1.50. The lowest BCUT2D eigenvalue weighted by molar-refractivity contribution is 0.0696. The second-order valence-electron chi connectivity index (χ2n) is 4.31. The van der Waals surface area contributed by atoms with Crippen LogP contribution in [0.3, 0.4) is 0 Å². The normalized spacial score (nSPS) is 10.3. The molecule has 20 heavy (non-hydrogen) atoms. The number of rotatable bonds is 3. The summed E-state index contributed by atoms with van der Waals surface area (Å²) in [5.41, 5.74) is 1.66. The van der Waals surface area contributed by atoms with Gasteiger partial charge in [0.2, 0.25) is 0 Å². The summed E-state index contributed by atoms with van der Waals surface area (Å²) in [6.07, 6.45) is 0. The SMILES string of the molecule is Cc1c(C(=O)O)cc(-c2ccc(I)cc2)cc1C(=O)O. The molecule has 0 spiro atoms. The Morgan fingerprint density at radius 3 is 1.75 bits per heavy atom. The molecule has 0 unspecified atom stereocenters. The van der Waals surface area contributed by atoms with Gasteiger partial charge in [0.1, 0.15) is 0 Å². The summed E-state index contributed by atoms with van der Waals surface area (Å²) in [4.78, 5) is 22.5. The fraction of sp³-hybridized carbons (Fsp3) is 0.0667. The average molecular weight is 382 g/mol. The topological polar surface area (TPSA) is 74.6 Å². The van der Waals surface area contributed by atoms with E-state index >= 15 is 0 Å². The van der Waals surface area contributed by atoms with Gasteiger partial charge < -0.3 is 10.2 Å². The Hall–Kier alpha value is -1.89. The van der Waals surface area contributed by atoms with E-state index < -0.39 is 11.9 Å². The van der Waals surface area contributed by atoms with Crippen molar-refractivity contribution in [2.45, 2.75) is 6.92 Å². The molecule has 0 bridgehead atoms. The van der Waals surface area contributed by atoms with Gasteiger partial charge in [-0.1, -0.05) is 12.1 Å². The van der Waals surface area contributed by atoms with Crippen LogP contribution in [-0.4, -0.2) is 22.2 Å². The lowest BCUT2D eigenvalue weighted by atomic mass is 9.95. The quantitative estimate of drug-likeness (QED) is 0.795. The highest BCUT2D eigenvalue weighted by atomic mass is 127. The summed E-state index contributed by atoms with van der Waals surface area (Å²) in [5.74, 6) is -2.25. The van der Waals surface area contributed by atoms with Crippen molar-refractivity contribution in [3.63, 3.8) is 0 Å². The second-order valence-corrected chi connectivity index (χ2v) is 5.56. The summed E-state index contributed by atoms with van der Waals surface area (Å²) < 4.78 is 1.05. The molecule has 0 heterocycles. The maximum atomic E-state index is 11.2. The molecule has 0 fully saturated rings. The third-order valence-corrected chi connectivity index (χ3v) is 3.77. The molecule has 0 aliphatic heterocycles. The molecule has 2 aromatic carbocycles. The minimum Gasteiger partial charge on any atom is -0.478 e. The van der Waals surface area contributed by atoms with Gasteiger partial charge in [-0.2, -0.15) is 0 Å². The van der Waals surface area contributed by atoms with Crippen LogP contribution in [0.1, 0.15) is 26.3 Å². The van der Waals surface area contributed by atoms with Crippen molar-refractivity contribution in [2.24, 2.45) is 0 Å². The van der Waals surface area contributed by atoms with Crippen LogP contribution in [0.15, 0.2) is 36.4 Å². The molecule has 102 valence electrons. The van der Waals surface area contributed by atoms with Gasteiger partial charge in [0, 0.05) is 3.57 Å². The van der Waals surface area contributed by atoms with Crippen LogP contribution in [0, 0.1) is 10.5 Å². The Kier molecular flexibility index (Phi) is 4.08. The molecule has 0 radical (unpaired) electrons. The van der Waals surface area contributed by atoms with E-state index in [1.807, 2.05) is 24.3 Å². The van der Waals surface area contributed by atoms with Crippen LogP contribution in [0.2, 0.25) is 0 Å². The van der Waals surface area contributed by atoms with Gasteiger partial charge in [-0.25, -0.2) is 9.59 Å². The minimum atomic E-state index is -1.13. The zero-order valence-corrected chi connectivity index (χ0v) is 12.7. The van der Waals surface area contributed by atoms with E-state index in [0.717, 1.165) is 9.13 Å². The third kappa shape index (κ3) is 2.82. The molecular formula is C15H11IO4. The standard InChI is InChI=1S/C15H11IO4/c1-8-12(14(17)18)6-10(7-13(8)15(19)20)9-2-4-11(16)5-3-9/h2-7H,1H3,(H,17,18)(H,19,20). The molecule has 0 saturated heterocycles. The van der Waals surface area contributed by atoms with Crippen LogP contribution in [-0.2, 0) is 0 Å². The number of aromatic carboxylic acids is 2. The van der Waals surface area contributed by atoms with E-state index in [1.165, 1.54) is 19.1 Å². The molecule has 0 aliphatic rings. The number of carboxylic acid groups (broad SMARTS) is 2. The predicted octanol–water partition coefficient (Wildman–Crippen LogP) is 3.66. The van der Waals surface area contributed by atoms with Crippen LogP contribution in [0.25, 0.3) is 11.1 Å². The highest BCUT2D eigenvalue weighted by Crippen LogP contribution is 2.26. The highest BCUT2D eigenvalue weighted by molar-refractivity contribution is 14.1. The number of hydrogen-bond acceptors (Lipinski definition) is 2. The third-order valence-electron chi connectivity index (χ3n) is 3.05. The Balaban J connectivity index is 2.68. The molecule has 2 aromatic rings. The van der Waals surface area contributed by atoms with Crippen LogP contribution < -0.4 is 0 Å². The molecule has 4 nitrogen and oxygen atoms in total. The highest BCUT2D eigenvalue weighted by Gasteiger charge is 2.17. The van der Waals surface area contributed by atoms with Crippen molar-refractivity contribution in [1.82, 2.24) is 0 Å². The van der Waals surface area contributed by atoms with E-state index in [-0.39, 0.29) is 16.7 Å². The minimum absolute atomic E-state index is 0.0125. The van der Waals surface area contributed by atoms with Crippen LogP contribution in [0.5, 0.6) is 0 Å². The van der Waals surface area contributed by atoms with E-state index in [2.05, 4.69) is 22.6 Å². The largest absolute Gasteiger partial charge is 0.478 e. The zero-order valence-electron chi connectivity index (χ0n) is 10.6. The Morgan fingerprint density at radius 1 is 0.900 bits per heavy atom.